The second kappa shape index (κ2) is 8.14. The molecule has 0 N–H and O–H groups in total. The van der Waals surface area contributed by atoms with Crippen molar-refractivity contribution in [3.8, 4) is 5.75 Å². The molecule has 1 unspecified atom stereocenters. The van der Waals surface area contributed by atoms with E-state index in [-0.39, 0.29) is 5.91 Å². The molecule has 1 amide bonds. The normalized spacial score (nSPS) is 11.9. The fraction of sp³-hybridized carbons (Fsp3) is 0.500. The van der Waals surface area contributed by atoms with E-state index in [2.05, 4.69) is 22.9 Å². The number of carbonyl (C=O) groups excluding carboxylic acids is 1. The van der Waals surface area contributed by atoms with Crippen LogP contribution >= 0.6 is 15.9 Å². The summed E-state index contributed by atoms with van der Waals surface area (Å²) >= 11 is 3.47. The van der Waals surface area contributed by atoms with Gasteiger partial charge in [0.25, 0.3) is 0 Å². The molecule has 0 saturated carbocycles. The van der Waals surface area contributed by atoms with Crippen LogP contribution in [-0.4, -0.2) is 35.8 Å². The van der Waals surface area contributed by atoms with Crippen LogP contribution in [0.5, 0.6) is 5.75 Å². The zero-order valence-corrected chi connectivity index (χ0v) is 12.5. The van der Waals surface area contributed by atoms with Crippen LogP contribution in [0.1, 0.15) is 19.8 Å². The average Bonchev–Trinajstić information content (AvgIpc) is 2.37. The molecular weight excluding hydrogens is 294 g/mol. The van der Waals surface area contributed by atoms with E-state index in [4.69, 9.17) is 4.74 Å². The number of hydrogen-bond acceptors (Lipinski definition) is 2. The molecule has 1 aromatic carbocycles. The van der Waals surface area contributed by atoms with Crippen LogP contribution in [0, 0.1) is 0 Å². The zero-order valence-electron chi connectivity index (χ0n) is 10.9. The number of carbonyl (C=O) groups is 1. The lowest BCUT2D eigenvalue weighted by Crippen LogP contribution is -2.29. The minimum Gasteiger partial charge on any atom is -0.493 e. The predicted octanol–water partition coefficient (Wildman–Crippen LogP) is 3.09. The molecule has 0 radical (unpaired) electrons. The van der Waals surface area contributed by atoms with Gasteiger partial charge in [0.15, 0.2) is 0 Å². The van der Waals surface area contributed by atoms with Gasteiger partial charge in [-0.3, -0.25) is 4.79 Å². The van der Waals surface area contributed by atoms with Gasteiger partial charge in [0.2, 0.25) is 5.91 Å². The number of hydrogen-bond donors (Lipinski definition) is 0. The van der Waals surface area contributed by atoms with Gasteiger partial charge in [-0.05, 0) is 18.6 Å². The maximum Gasteiger partial charge on any atom is 0.225 e. The Morgan fingerprint density at radius 2 is 2.06 bits per heavy atom. The van der Waals surface area contributed by atoms with Crippen LogP contribution < -0.4 is 4.74 Å². The summed E-state index contributed by atoms with van der Waals surface area (Å²) < 4.78 is 5.50. The minimum absolute atomic E-state index is 0.124. The molecule has 100 valence electrons. The number of nitrogens with zero attached hydrogens (tertiary/aromatic N) is 1. The molecule has 0 aliphatic carbocycles. The first-order chi connectivity index (χ1) is 8.59. The summed E-state index contributed by atoms with van der Waals surface area (Å²) in [5.74, 6) is 0.932. The van der Waals surface area contributed by atoms with Crippen molar-refractivity contribution in [3.63, 3.8) is 0 Å². The summed E-state index contributed by atoms with van der Waals surface area (Å²) in [4.78, 5) is 14.0. The molecule has 4 heteroatoms. The SMILES string of the molecule is CC(Br)CCN(C)C(=O)CCOc1ccccc1. The summed E-state index contributed by atoms with van der Waals surface area (Å²) in [7, 11) is 1.83. The molecule has 0 aliphatic rings. The van der Waals surface area contributed by atoms with Crippen molar-refractivity contribution in [2.24, 2.45) is 0 Å². The Morgan fingerprint density at radius 1 is 1.39 bits per heavy atom. The molecule has 0 bridgehead atoms. The van der Waals surface area contributed by atoms with Crippen LogP contribution in [0.3, 0.4) is 0 Å². The topological polar surface area (TPSA) is 29.5 Å². The molecule has 3 nitrogen and oxygen atoms in total. The third-order valence-corrected chi connectivity index (χ3v) is 3.07. The molecule has 0 saturated heterocycles. The van der Waals surface area contributed by atoms with E-state index < -0.39 is 0 Å². The van der Waals surface area contributed by atoms with Crippen LogP contribution in [0.4, 0.5) is 0 Å². The maximum absolute atomic E-state index is 11.8. The molecule has 0 heterocycles. The van der Waals surface area contributed by atoms with Crippen LogP contribution in [0.15, 0.2) is 30.3 Å². The van der Waals surface area contributed by atoms with E-state index in [1.807, 2.05) is 37.4 Å². The van der Waals surface area contributed by atoms with Gasteiger partial charge in [-0.25, -0.2) is 0 Å². The van der Waals surface area contributed by atoms with E-state index >= 15 is 0 Å². The lowest BCUT2D eigenvalue weighted by molar-refractivity contribution is -0.130. The Labute approximate surface area is 117 Å². The van der Waals surface area contributed by atoms with E-state index in [1.54, 1.807) is 4.90 Å². The molecule has 0 aromatic heterocycles. The Hall–Kier alpha value is -1.03. The Balaban J connectivity index is 2.20. The second-order valence-electron chi connectivity index (χ2n) is 4.30. The molecule has 1 rings (SSSR count). The Bertz CT molecular complexity index is 354. The van der Waals surface area contributed by atoms with E-state index in [0.29, 0.717) is 17.9 Å². The molecule has 0 fully saturated rings. The zero-order chi connectivity index (χ0) is 13.4. The summed E-state index contributed by atoms with van der Waals surface area (Å²) in [5, 5.41) is 0. The third kappa shape index (κ3) is 6.05. The van der Waals surface area contributed by atoms with Crippen molar-refractivity contribution in [1.29, 1.82) is 0 Å². The van der Waals surface area contributed by atoms with Crippen molar-refractivity contribution >= 4 is 21.8 Å². The van der Waals surface area contributed by atoms with Crippen molar-refractivity contribution in [2.45, 2.75) is 24.6 Å². The third-order valence-electron chi connectivity index (χ3n) is 2.62. The highest BCUT2D eigenvalue weighted by atomic mass is 79.9. The fourth-order valence-corrected chi connectivity index (χ4v) is 1.66. The van der Waals surface area contributed by atoms with E-state index in [0.717, 1.165) is 18.7 Å². The number of ether oxygens (including phenoxy) is 1. The van der Waals surface area contributed by atoms with Gasteiger partial charge in [0.05, 0.1) is 13.0 Å². The first kappa shape index (κ1) is 15.0. The molecule has 0 aliphatic heterocycles. The molecule has 0 spiro atoms. The number of halogens is 1. The van der Waals surface area contributed by atoms with Gasteiger partial charge in [-0.1, -0.05) is 41.1 Å². The molecule has 18 heavy (non-hydrogen) atoms. The van der Waals surface area contributed by atoms with Crippen molar-refractivity contribution in [3.05, 3.63) is 30.3 Å². The van der Waals surface area contributed by atoms with Crippen LogP contribution in [0.25, 0.3) is 0 Å². The maximum atomic E-state index is 11.8. The highest BCUT2D eigenvalue weighted by Crippen LogP contribution is 2.09. The first-order valence-electron chi connectivity index (χ1n) is 6.15. The number of alkyl halides is 1. The standard InChI is InChI=1S/C14H20BrNO2/c1-12(15)8-10-16(2)14(17)9-11-18-13-6-4-3-5-7-13/h3-7,12H,8-11H2,1-2H3. The van der Waals surface area contributed by atoms with Gasteiger partial charge in [-0.2, -0.15) is 0 Å². The number of rotatable bonds is 7. The van der Waals surface area contributed by atoms with Gasteiger partial charge < -0.3 is 9.64 Å². The number of amides is 1. The quantitative estimate of drug-likeness (QED) is 0.724. The lowest BCUT2D eigenvalue weighted by Gasteiger charge is -2.18. The summed E-state index contributed by atoms with van der Waals surface area (Å²) in [6.07, 6.45) is 1.38. The smallest absolute Gasteiger partial charge is 0.225 e. The van der Waals surface area contributed by atoms with Crippen LogP contribution in [-0.2, 0) is 4.79 Å². The number of para-hydroxylation sites is 1. The highest BCUT2D eigenvalue weighted by molar-refractivity contribution is 9.09. The van der Waals surface area contributed by atoms with Crippen molar-refractivity contribution in [2.75, 3.05) is 20.2 Å². The Kier molecular flexibility index (Phi) is 6.80. The minimum atomic E-state index is 0.124. The van der Waals surface area contributed by atoms with Crippen molar-refractivity contribution < 1.29 is 9.53 Å². The number of benzene rings is 1. The summed E-state index contributed by atoms with van der Waals surface area (Å²) in [5.41, 5.74) is 0. The molecular formula is C14H20BrNO2. The monoisotopic (exact) mass is 313 g/mol. The Morgan fingerprint density at radius 3 is 2.67 bits per heavy atom. The van der Waals surface area contributed by atoms with E-state index in [9.17, 15) is 4.79 Å². The largest absolute Gasteiger partial charge is 0.493 e. The van der Waals surface area contributed by atoms with Gasteiger partial charge >= 0.3 is 0 Å². The lowest BCUT2D eigenvalue weighted by atomic mass is 10.3. The molecule has 1 aromatic rings. The molecule has 1 atom stereocenters. The second-order valence-corrected chi connectivity index (χ2v) is 5.86. The fourth-order valence-electron chi connectivity index (χ4n) is 1.46. The van der Waals surface area contributed by atoms with Gasteiger partial charge in [0, 0.05) is 18.4 Å². The van der Waals surface area contributed by atoms with E-state index in [1.165, 1.54) is 0 Å². The predicted molar refractivity (Wildman–Crippen MR) is 77.2 cm³/mol. The highest BCUT2D eigenvalue weighted by Gasteiger charge is 2.09. The summed E-state index contributed by atoms with van der Waals surface area (Å²) in [6.45, 7) is 3.28. The van der Waals surface area contributed by atoms with Gasteiger partial charge in [0.1, 0.15) is 5.75 Å². The first-order valence-corrected chi connectivity index (χ1v) is 7.07. The van der Waals surface area contributed by atoms with Gasteiger partial charge in [-0.15, -0.1) is 0 Å². The van der Waals surface area contributed by atoms with Crippen molar-refractivity contribution in [1.82, 2.24) is 4.90 Å². The summed E-state index contributed by atoms with van der Waals surface area (Å²) in [6, 6.07) is 9.55. The average molecular weight is 314 g/mol. The van der Waals surface area contributed by atoms with Crippen LogP contribution in [0.2, 0.25) is 0 Å².